The summed E-state index contributed by atoms with van der Waals surface area (Å²) in [5.74, 6) is 0.574. The van der Waals surface area contributed by atoms with Crippen molar-refractivity contribution in [2.24, 2.45) is 0 Å². The van der Waals surface area contributed by atoms with Gasteiger partial charge in [0.15, 0.2) is 0 Å². The van der Waals surface area contributed by atoms with Crippen molar-refractivity contribution in [2.45, 2.75) is 0 Å². The third kappa shape index (κ3) is 2.78. The molecule has 3 heterocycles. The summed E-state index contributed by atoms with van der Waals surface area (Å²) >= 11 is 7.61. The van der Waals surface area contributed by atoms with Crippen molar-refractivity contribution in [3.63, 3.8) is 0 Å². The van der Waals surface area contributed by atoms with Crippen LogP contribution in [0.15, 0.2) is 29.6 Å². The van der Waals surface area contributed by atoms with Crippen LogP contribution in [0.2, 0.25) is 5.28 Å². The molecular weight excluding hydrogens is 337 g/mol. The summed E-state index contributed by atoms with van der Waals surface area (Å²) in [5, 5.41) is 3.23. The van der Waals surface area contributed by atoms with E-state index in [-0.39, 0.29) is 11.1 Å². The molecule has 3 aromatic rings. The van der Waals surface area contributed by atoms with Gasteiger partial charge in [0.1, 0.15) is 16.5 Å². The van der Waals surface area contributed by atoms with Crippen LogP contribution in [-0.2, 0) is 4.74 Å². The highest BCUT2D eigenvalue weighted by Crippen LogP contribution is 2.39. The van der Waals surface area contributed by atoms with Crippen LogP contribution in [0.1, 0.15) is 0 Å². The average Bonchev–Trinajstić information content (AvgIpc) is 2.99. The Labute approximate surface area is 141 Å². The molecule has 118 valence electrons. The minimum absolute atomic E-state index is 0.242. The zero-order valence-corrected chi connectivity index (χ0v) is 13.7. The van der Waals surface area contributed by atoms with Gasteiger partial charge < -0.3 is 9.64 Å². The summed E-state index contributed by atoms with van der Waals surface area (Å²) in [5.41, 5.74) is 1.95. The van der Waals surface area contributed by atoms with Crippen molar-refractivity contribution in [3.05, 3.63) is 40.7 Å². The van der Waals surface area contributed by atoms with E-state index in [1.165, 1.54) is 23.5 Å². The Morgan fingerprint density at radius 2 is 1.87 bits per heavy atom. The molecule has 0 aliphatic carbocycles. The van der Waals surface area contributed by atoms with Gasteiger partial charge in [-0.05, 0) is 29.3 Å². The second kappa shape index (κ2) is 6.03. The number of fused-ring (bicyclic) bond motifs is 1. The molecule has 1 saturated heterocycles. The number of benzene rings is 1. The lowest BCUT2D eigenvalue weighted by Gasteiger charge is -2.28. The number of ether oxygens (including phenoxy) is 1. The van der Waals surface area contributed by atoms with Crippen LogP contribution in [0, 0.1) is 5.82 Å². The number of thiophene rings is 1. The van der Waals surface area contributed by atoms with Gasteiger partial charge in [0.25, 0.3) is 0 Å². The number of anilines is 1. The van der Waals surface area contributed by atoms with E-state index >= 15 is 0 Å². The van der Waals surface area contributed by atoms with E-state index < -0.39 is 0 Å². The summed E-state index contributed by atoms with van der Waals surface area (Å²) < 4.78 is 18.6. The first kappa shape index (κ1) is 14.8. The highest BCUT2D eigenvalue weighted by Gasteiger charge is 2.21. The summed E-state index contributed by atoms with van der Waals surface area (Å²) in [7, 11) is 0. The molecular formula is C16H13ClFN3OS. The summed E-state index contributed by atoms with van der Waals surface area (Å²) in [6.45, 7) is 2.86. The van der Waals surface area contributed by atoms with Crippen LogP contribution >= 0.6 is 22.9 Å². The highest BCUT2D eigenvalue weighted by atomic mass is 35.5. The van der Waals surface area contributed by atoms with Gasteiger partial charge >= 0.3 is 0 Å². The van der Waals surface area contributed by atoms with Gasteiger partial charge in [-0.2, -0.15) is 4.98 Å². The molecule has 0 saturated carbocycles. The second-order valence-corrected chi connectivity index (χ2v) is 6.45. The fourth-order valence-corrected chi connectivity index (χ4v) is 3.90. The summed E-state index contributed by atoms with van der Waals surface area (Å²) in [6, 6.07) is 6.47. The molecule has 4 nitrogen and oxygen atoms in total. The van der Waals surface area contributed by atoms with Crippen LogP contribution in [0.5, 0.6) is 0 Å². The van der Waals surface area contributed by atoms with E-state index in [1.807, 2.05) is 5.38 Å². The molecule has 0 amide bonds. The highest BCUT2D eigenvalue weighted by molar-refractivity contribution is 7.17. The maximum atomic E-state index is 13.2. The predicted molar refractivity (Wildman–Crippen MR) is 90.9 cm³/mol. The first-order valence-electron chi connectivity index (χ1n) is 7.26. The third-order valence-electron chi connectivity index (χ3n) is 3.85. The molecule has 1 aliphatic heterocycles. The normalized spacial score (nSPS) is 15.3. The molecule has 4 rings (SSSR count). The maximum absolute atomic E-state index is 13.2. The molecule has 0 unspecified atom stereocenters. The number of halogens is 2. The van der Waals surface area contributed by atoms with Gasteiger partial charge in [0.05, 0.1) is 18.6 Å². The van der Waals surface area contributed by atoms with E-state index in [4.69, 9.17) is 16.3 Å². The molecule has 0 bridgehead atoms. The lowest BCUT2D eigenvalue weighted by atomic mass is 10.1. The van der Waals surface area contributed by atoms with Gasteiger partial charge in [-0.25, -0.2) is 9.37 Å². The van der Waals surface area contributed by atoms with Crippen LogP contribution in [0.25, 0.3) is 21.3 Å². The van der Waals surface area contributed by atoms with E-state index in [2.05, 4.69) is 14.9 Å². The lowest BCUT2D eigenvalue weighted by molar-refractivity contribution is 0.122. The monoisotopic (exact) mass is 349 g/mol. The maximum Gasteiger partial charge on any atom is 0.225 e. The minimum atomic E-state index is -0.249. The Morgan fingerprint density at radius 1 is 1.13 bits per heavy atom. The number of morpholine rings is 1. The first-order valence-corrected chi connectivity index (χ1v) is 8.51. The first-order chi connectivity index (χ1) is 11.2. The van der Waals surface area contributed by atoms with Gasteiger partial charge in [-0.15, -0.1) is 11.3 Å². The number of hydrogen-bond acceptors (Lipinski definition) is 5. The zero-order chi connectivity index (χ0) is 15.8. The van der Waals surface area contributed by atoms with E-state index in [1.54, 1.807) is 12.1 Å². The van der Waals surface area contributed by atoms with Gasteiger partial charge in [-0.1, -0.05) is 12.1 Å². The standard InChI is InChI=1S/C16H13ClFN3OS/c17-16-19-14(21-5-7-22-8-6-21)13-12(9-23-15(13)20-16)10-1-3-11(18)4-2-10/h1-4,9H,5-8H2. The number of aromatic nitrogens is 2. The molecule has 7 heteroatoms. The fraction of sp³-hybridized carbons (Fsp3) is 0.250. The zero-order valence-electron chi connectivity index (χ0n) is 12.1. The molecule has 1 fully saturated rings. The van der Waals surface area contributed by atoms with Gasteiger partial charge in [0.2, 0.25) is 5.28 Å². The van der Waals surface area contributed by atoms with Crippen molar-refractivity contribution in [1.29, 1.82) is 0 Å². The minimum Gasteiger partial charge on any atom is -0.378 e. The second-order valence-electron chi connectivity index (χ2n) is 5.25. The Bertz CT molecular complexity index is 846. The van der Waals surface area contributed by atoms with E-state index in [0.29, 0.717) is 13.2 Å². The summed E-state index contributed by atoms with van der Waals surface area (Å²) in [6.07, 6.45) is 0. The Morgan fingerprint density at radius 3 is 2.61 bits per heavy atom. The Balaban J connectivity index is 1.90. The van der Waals surface area contributed by atoms with Crippen LogP contribution in [0.3, 0.4) is 0 Å². The largest absolute Gasteiger partial charge is 0.378 e. The molecule has 1 aliphatic rings. The van der Waals surface area contributed by atoms with Gasteiger partial charge in [-0.3, -0.25) is 0 Å². The van der Waals surface area contributed by atoms with Crippen LogP contribution in [-0.4, -0.2) is 36.3 Å². The van der Waals surface area contributed by atoms with Crippen molar-refractivity contribution in [3.8, 4) is 11.1 Å². The van der Waals surface area contributed by atoms with Crippen LogP contribution in [0.4, 0.5) is 10.2 Å². The summed E-state index contributed by atoms with van der Waals surface area (Å²) in [4.78, 5) is 11.8. The van der Waals surface area contributed by atoms with E-state index in [9.17, 15) is 4.39 Å². The topological polar surface area (TPSA) is 38.2 Å². The molecule has 1 aromatic carbocycles. The smallest absolute Gasteiger partial charge is 0.225 e. The molecule has 0 N–H and O–H groups in total. The Kier molecular flexibility index (Phi) is 3.88. The molecule has 0 spiro atoms. The van der Waals surface area contributed by atoms with Gasteiger partial charge in [0, 0.05) is 24.0 Å². The third-order valence-corrected chi connectivity index (χ3v) is 4.89. The Hall–Kier alpha value is -1.76. The number of nitrogens with zero attached hydrogens (tertiary/aromatic N) is 3. The predicted octanol–water partition coefficient (Wildman–Crippen LogP) is 3.99. The molecule has 2 aromatic heterocycles. The number of hydrogen-bond donors (Lipinski definition) is 0. The van der Waals surface area contributed by atoms with Crippen molar-refractivity contribution in [1.82, 2.24) is 9.97 Å². The lowest BCUT2D eigenvalue weighted by Crippen LogP contribution is -2.37. The van der Waals surface area contributed by atoms with E-state index in [0.717, 1.165) is 40.3 Å². The average molecular weight is 350 g/mol. The molecule has 0 radical (unpaired) electrons. The fourth-order valence-electron chi connectivity index (χ4n) is 2.74. The van der Waals surface area contributed by atoms with Crippen LogP contribution < -0.4 is 4.90 Å². The molecule has 23 heavy (non-hydrogen) atoms. The SMILES string of the molecule is Fc1ccc(-c2csc3nc(Cl)nc(N4CCOCC4)c23)cc1. The van der Waals surface area contributed by atoms with Crippen molar-refractivity contribution >= 4 is 39.0 Å². The van der Waals surface area contributed by atoms with Crippen molar-refractivity contribution in [2.75, 3.05) is 31.2 Å². The number of rotatable bonds is 2. The molecule has 0 atom stereocenters. The quantitative estimate of drug-likeness (QED) is 0.656. The van der Waals surface area contributed by atoms with Crippen molar-refractivity contribution < 1.29 is 9.13 Å².